The van der Waals surface area contributed by atoms with E-state index in [0.29, 0.717) is 15.9 Å². The second-order valence-electron chi connectivity index (χ2n) is 3.62. The lowest BCUT2D eigenvalue weighted by molar-refractivity contribution is 0.447. The van der Waals surface area contributed by atoms with E-state index in [-0.39, 0.29) is 5.56 Å². The second-order valence-corrected chi connectivity index (χ2v) is 4.51. The van der Waals surface area contributed by atoms with Crippen LogP contribution in [-0.2, 0) is 0 Å². The van der Waals surface area contributed by atoms with Gasteiger partial charge in [0.15, 0.2) is 17.5 Å². The zero-order chi connectivity index (χ0) is 12.7. The summed E-state index contributed by atoms with van der Waals surface area (Å²) in [5.74, 6) is -3.94. The van der Waals surface area contributed by atoms with Crippen molar-refractivity contribution in [3.8, 4) is 11.3 Å². The molecule has 0 N–H and O–H groups in total. The van der Waals surface area contributed by atoms with Crippen LogP contribution in [0.5, 0.6) is 0 Å². The van der Waals surface area contributed by atoms with Gasteiger partial charge < -0.3 is 0 Å². The highest BCUT2D eigenvalue weighted by molar-refractivity contribution is 7.16. The minimum absolute atomic E-state index is 0.192. The van der Waals surface area contributed by atoms with Crippen molar-refractivity contribution in [3.05, 3.63) is 47.4 Å². The van der Waals surface area contributed by atoms with Crippen LogP contribution in [-0.4, -0.2) is 9.97 Å². The summed E-state index contributed by atoms with van der Waals surface area (Å²) in [5.41, 5.74) is 0.580. The average Bonchev–Trinajstić information content (AvgIpc) is 2.83. The van der Waals surface area contributed by atoms with Crippen molar-refractivity contribution in [2.45, 2.75) is 0 Å². The molecule has 2 aromatic heterocycles. The summed E-state index contributed by atoms with van der Waals surface area (Å²) in [6.45, 7) is 0. The molecule has 0 saturated carbocycles. The SMILES string of the molecule is Fc1cc(-c2ncnc3sccc23)cc(F)c1F. The first-order chi connectivity index (χ1) is 8.66. The van der Waals surface area contributed by atoms with Crippen molar-refractivity contribution in [2.75, 3.05) is 0 Å². The number of thiophene rings is 1. The summed E-state index contributed by atoms with van der Waals surface area (Å²) >= 11 is 1.40. The monoisotopic (exact) mass is 266 g/mol. The number of aromatic nitrogens is 2. The number of rotatable bonds is 1. The van der Waals surface area contributed by atoms with Crippen molar-refractivity contribution in [2.24, 2.45) is 0 Å². The molecule has 2 nitrogen and oxygen atoms in total. The Morgan fingerprint density at radius 1 is 1.00 bits per heavy atom. The number of halogens is 3. The molecule has 0 atom stereocenters. The molecule has 0 bridgehead atoms. The van der Waals surface area contributed by atoms with Crippen LogP contribution in [0.15, 0.2) is 29.9 Å². The van der Waals surface area contributed by atoms with E-state index in [1.54, 1.807) is 11.4 Å². The summed E-state index contributed by atoms with van der Waals surface area (Å²) in [5, 5.41) is 2.49. The zero-order valence-corrected chi connectivity index (χ0v) is 9.64. The van der Waals surface area contributed by atoms with Crippen LogP contribution in [0, 0.1) is 17.5 Å². The highest BCUT2D eigenvalue weighted by Crippen LogP contribution is 2.29. The van der Waals surface area contributed by atoms with Gasteiger partial charge in [-0.3, -0.25) is 0 Å². The molecule has 2 heterocycles. The van der Waals surface area contributed by atoms with E-state index in [1.807, 2.05) is 0 Å². The van der Waals surface area contributed by atoms with Crippen molar-refractivity contribution in [1.82, 2.24) is 9.97 Å². The third-order valence-electron chi connectivity index (χ3n) is 2.52. The van der Waals surface area contributed by atoms with Crippen molar-refractivity contribution >= 4 is 21.6 Å². The van der Waals surface area contributed by atoms with E-state index in [4.69, 9.17) is 0 Å². The molecule has 0 aliphatic heterocycles. The number of benzene rings is 1. The molecule has 3 aromatic rings. The van der Waals surface area contributed by atoms with Gasteiger partial charge in [-0.25, -0.2) is 23.1 Å². The zero-order valence-electron chi connectivity index (χ0n) is 8.82. The van der Waals surface area contributed by atoms with E-state index in [0.717, 1.165) is 12.1 Å². The molecule has 0 aliphatic rings. The Morgan fingerprint density at radius 3 is 2.44 bits per heavy atom. The smallest absolute Gasteiger partial charge is 0.194 e. The lowest BCUT2D eigenvalue weighted by atomic mass is 10.1. The molecule has 0 aliphatic carbocycles. The Kier molecular flexibility index (Phi) is 2.52. The fourth-order valence-electron chi connectivity index (χ4n) is 1.71. The maximum absolute atomic E-state index is 13.2. The van der Waals surface area contributed by atoms with E-state index < -0.39 is 17.5 Å². The summed E-state index contributed by atoms with van der Waals surface area (Å²) in [6.07, 6.45) is 1.31. The molecule has 18 heavy (non-hydrogen) atoms. The van der Waals surface area contributed by atoms with Crippen LogP contribution in [0.25, 0.3) is 21.5 Å². The maximum Gasteiger partial charge on any atom is 0.194 e. The predicted molar refractivity (Wildman–Crippen MR) is 62.7 cm³/mol. The minimum atomic E-state index is -1.48. The maximum atomic E-state index is 13.2. The Balaban J connectivity index is 2.29. The normalized spacial score (nSPS) is 11.1. The van der Waals surface area contributed by atoms with Crippen molar-refractivity contribution in [3.63, 3.8) is 0 Å². The summed E-state index contributed by atoms with van der Waals surface area (Å²) in [4.78, 5) is 8.75. The van der Waals surface area contributed by atoms with E-state index in [1.165, 1.54) is 17.7 Å². The van der Waals surface area contributed by atoms with E-state index in [2.05, 4.69) is 9.97 Å². The fraction of sp³-hybridized carbons (Fsp3) is 0. The summed E-state index contributed by atoms with van der Waals surface area (Å²) < 4.78 is 39.3. The van der Waals surface area contributed by atoms with Crippen LogP contribution in [0.1, 0.15) is 0 Å². The van der Waals surface area contributed by atoms with Crippen LogP contribution >= 0.6 is 11.3 Å². The van der Waals surface area contributed by atoms with Gasteiger partial charge >= 0.3 is 0 Å². The molecule has 0 amide bonds. The van der Waals surface area contributed by atoms with Gasteiger partial charge in [-0.05, 0) is 23.6 Å². The first-order valence-electron chi connectivity index (χ1n) is 5.00. The molecular formula is C12H5F3N2S. The first-order valence-corrected chi connectivity index (χ1v) is 5.88. The first kappa shape index (κ1) is 11.2. The van der Waals surface area contributed by atoms with Crippen LogP contribution in [0.4, 0.5) is 13.2 Å². The van der Waals surface area contributed by atoms with Gasteiger partial charge in [0.05, 0.1) is 5.69 Å². The number of hydrogen-bond donors (Lipinski definition) is 0. The molecule has 1 aromatic carbocycles. The Morgan fingerprint density at radius 2 is 1.72 bits per heavy atom. The van der Waals surface area contributed by atoms with Gasteiger partial charge in [-0.2, -0.15) is 0 Å². The van der Waals surface area contributed by atoms with Gasteiger partial charge in [-0.1, -0.05) is 0 Å². The van der Waals surface area contributed by atoms with Gasteiger partial charge in [0.25, 0.3) is 0 Å². The molecule has 6 heteroatoms. The molecule has 0 fully saturated rings. The Labute approximate surface area is 104 Å². The minimum Gasteiger partial charge on any atom is -0.236 e. The lowest BCUT2D eigenvalue weighted by Gasteiger charge is -2.03. The van der Waals surface area contributed by atoms with Gasteiger partial charge in [0.1, 0.15) is 11.2 Å². The number of fused-ring (bicyclic) bond motifs is 1. The average molecular weight is 266 g/mol. The van der Waals surface area contributed by atoms with Gasteiger partial charge in [-0.15, -0.1) is 11.3 Å². The standard InChI is InChI=1S/C12H5F3N2S/c13-8-3-6(4-9(14)10(8)15)11-7-1-2-18-12(7)17-5-16-11/h1-5H. The Hall–Kier alpha value is -1.95. The molecule has 0 radical (unpaired) electrons. The highest BCUT2D eigenvalue weighted by atomic mass is 32.1. The molecule has 90 valence electrons. The second kappa shape index (κ2) is 4.06. The number of hydrogen-bond acceptors (Lipinski definition) is 3. The van der Waals surface area contributed by atoms with E-state index >= 15 is 0 Å². The molecule has 0 saturated heterocycles. The van der Waals surface area contributed by atoms with Crippen LogP contribution < -0.4 is 0 Å². The van der Waals surface area contributed by atoms with Crippen LogP contribution in [0.3, 0.4) is 0 Å². The van der Waals surface area contributed by atoms with Crippen molar-refractivity contribution in [1.29, 1.82) is 0 Å². The quantitative estimate of drug-likeness (QED) is 0.626. The third kappa shape index (κ3) is 1.65. The van der Waals surface area contributed by atoms with Crippen molar-refractivity contribution < 1.29 is 13.2 Å². The highest BCUT2D eigenvalue weighted by Gasteiger charge is 2.14. The Bertz CT molecular complexity index is 716. The molecular weight excluding hydrogens is 261 g/mol. The lowest BCUT2D eigenvalue weighted by Crippen LogP contribution is -1.93. The van der Waals surface area contributed by atoms with Crippen LogP contribution in [0.2, 0.25) is 0 Å². The topological polar surface area (TPSA) is 25.8 Å². The molecule has 3 rings (SSSR count). The van der Waals surface area contributed by atoms with Gasteiger partial charge in [0, 0.05) is 10.9 Å². The molecule has 0 spiro atoms. The summed E-state index contributed by atoms with van der Waals surface area (Å²) in [6, 6.07) is 3.62. The third-order valence-corrected chi connectivity index (χ3v) is 3.34. The van der Waals surface area contributed by atoms with Gasteiger partial charge in [0.2, 0.25) is 0 Å². The summed E-state index contributed by atoms with van der Waals surface area (Å²) in [7, 11) is 0. The predicted octanol–water partition coefficient (Wildman–Crippen LogP) is 3.78. The largest absolute Gasteiger partial charge is 0.236 e. The van der Waals surface area contributed by atoms with E-state index in [9.17, 15) is 13.2 Å². The fourth-order valence-corrected chi connectivity index (χ4v) is 2.45. The molecule has 0 unspecified atom stereocenters. The number of nitrogens with zero attached hydrogens (tertiary/aromatic N) is 2.